The summed E-state index contributed by atoms with van der Waals surface area (Å²) in [4.78, 5) is 7.15. The molecule has 0 aliphatic heterocycles. The summed E-state index contributed by atoms with van der Waals surface area (Å²) in [5.74, 6) is 1.80. The van der Waals surface area contributed by atoms with Crippen LogP contribution < -0.4 is 10.2 Å². The van der Waals surface area contributed by atoms with E-state index < -0.39 is 0 Å². The highest BCUT2D eigenvalue weighted by molar-refractivity contribution is 5.39. The fourth-order valence-electron chi connectivity index (χ4n) is 2.11. The molecule has 0 radical (unpaired) electrons. The van der Waals surface area contributed by atoms with Crippen molar-refractivity contribution in [3.05, 3.63) is 23.9 Å². The number of hydrogen-bond acceptors (Lipinski definition) is 3. The monoisotopic (exact) mass is 263 g/mol. The summed E-state index contributed by atoms with van der Waals surface area (Å²) in [5, 5.41) is 3.45. The van der Waals surface area contributed by atoms with Crippen LogP contribution in [0.1, 0.15) is 46.2 Å². The number of nitrogens with one attached hydrogen (secondary N) is 1. The predicted molar refractivity (Wildman–Crippen MR) is 83.6 cm³/mol. The third kappa shape index (κ3) is 6.06. The van der Waals surface area contributed by atoms with Crippen molar-refractivity contribution in [2.75, 3.05) is 24.5 Å². The van der Waals surface area contributed by atoms with Crippen molar-refractivity contribution >= 4 is 5.82 Å². The van der Waals surface area contributed by atoms with Gasteiger partial charge in [-0.2, -0.15) is 0 Å². The van der Waals surface area contributed by atoms with E-state index in [0.717, 1.165) is 50.5 Å². The second-order valence-electron chi connectivity index (χ2n) is 5.50. The third-order valence-corrected chi connectivity index (χ3v) is 2.96. The zero-order valence-electron chi connectivity index (χ0n) is 12.9. The van der Waals surface area contributed by atoms with Crippen LogP contribution in [-0.2, 0) is 6.54 Å². The van der Waals surface area contributed by atoms with Gasteiger partial charge in [0.1, 0.15) is 5.82 Å². The van der Waals surface area contributed by atoms with Crippen molar-refractivity contribution in [2.24, 2.45) is 5.92 Å². The molecule has 0 bridgehead atoms. The van der Waals surface area contributed by atoms with Crippen LogP contribution in [0.25, 0.3) is 0 Å². The van der Waals surface area contributed by atoms with Gasteiger partial charge in [-0.05, 0) is 37.4 Å². The first-order chi connectivity index (χ1) is 9.17. The topological polar surface area (TPSA) is 28.2 Å². The van der Waals surface area contributed by atoms with Crippen LogP contribution >= 0.6 is 0 Å². The molecule has 1 rings (SSSR count). The quantitative estimate of drug-likeness (QED) is 0.739. The van der Waals surface area contributed by atoms with Gasteiger partial charge in [0.2, 0.25) is 0 Å². The second kappa shape index (κ2) is 8.92. The zero-order chi connectivity index (χ0) is 14.1. The van der Waals surface area contributed by atoms with Gasteiger partial charge < -0.3 is 10.2 Å². The average molecular weight is 263 g/mol. The minimum atomic E-state index is 0.680. The fourth-order valence-corrected chi connectivity index (χ4v) is 2.11. The van der Waals surface area contributed by atoms with E-state index in [1.54, 1.807) is 0 Å². The molecule has 0 saturated heterocycles. The molecule has 1 aromatic rings. The Morgan fingerprint density at radius 2 is 1.84 bits per heavy atom. The molecule has 0 fully saturated rings. The number of anilines is 1. The van der Waals surface area contributed by atoms with Crippen molar-refractivity contribution in [3.8, 4) is 0 Å². The lowest BCUT2D eigenvalue weighted by Crippen LogP contribution is -2.26. The van der Waals surface area contributed by atoms with E-state index in [9.17, 15) is 0 Å². The Hall–Kier alpha value is -1.09. The Labute approximate surface area is 118 Å². The summed E-state index contributed by atoms with van der Waals surface area (Å²) in [6.07, 6.45) is 2.33. The van der Waals surface area contributed by atoms with Crippen LogP contribution in [0, 0.1) is 5.92 Å². The fraction of sp³-hybridized carbons (Fsp3) is 0.688. The van der Waals surface area contributed by atoms with Crippen molar-refractivity contribution in [2.45, 2.75) is 47.1 Å². The average Bonchev–Trinajstić information content (AvgIpc) is 2.38. The van der Waals surface area contributed by atoms with Crippen molar-refractivity contribution < 1.29 is 0 Å². The summed E-state index contributed by atoms with van der Waals surface area (Å²) in [6.45, 7) is 13.0. The van der Waals surface area contributed by atoms with Crippen molar-refractivity contribution in [1.82, 2.24) is 10.3 Å². The summed E-state index contributed by atoms with van der Waals surface area (Å²) < 4.78 is 0. The predicted octanol–water partition coefficient (Wildman–Crippen LogP) is 3.45. The number of nitrogens with zero attached hydrogens (tertiary/aromatic N) is 2. The van der Waals surface area contributed by atoms with Crippen LogP contribution in [0.2, 0.25) is 0 Å². The number of aromatic nitrogens is 1. The molecule has 0 amide bonds. The molecule has 19 heavy (non-hydrogen) atoms. The lowest BCUT2D eigenvalue weighted by atomic mass is 10.2. The largest absolute Gasteiger partial charge is 0.357 e. The smallest absolute Gasteiger partial charge is 0.128 e. The van der Waals surface area contributed by atoms with Gasteiger partial charge in [-0.25, -0.2) is 4.98 Å². The number of rotatable bonds is 9. The third-order valence-electron chi connectivity index (χ3n) is 2.96. The van der Waals surface area contributed by atoms with E-state index in [4.69, 9.17) is 4.98 Å². The zero-order valence-corrected chi connectivity index (χ0v) is 12.9. The van der Waals surface area contributed by atoms with Crippen LogP contribution in [-0.4, -0.2) is 24.6 Å². The van der Waals surface area contributed by atoms with E-state index in [0.29, 0.717) is 5.92 Å². The standard InChI is InChI=1S/C16H29N3/c1-5-10-19(11-6-2)16-9-7-8-15(18-16)13-17-12-14(3)4/h7-9,14,17H,5-6,10-13H2,1-4H3. The van der Waals surface area contributed by atoms with E-state index in [2.05, 4.69) is 56.1 Å². The molecule has 0 aliphatic carbocycles. The molecule has 108 valence electrons. The summed E-state index contributed by atoms with van der Waals surface area (Å²) >= 11 is 0. The molecule has 3 nitrogen and oxygen atoms in total. The molecular formula is C16H29N3. The first kappa shape index (κ1) is 16.0. The molecule has 1 heterocycles. The van der Waals surface area contributed by atoms with Gasteiger partial charge in [0, 0.05) is 19.6 Å². The molecule has 0 saturated carbocycles. The first-order valence-corrected chi connectivity index (χ1v) is 7.59. The second-order valence-corrected chi connectivity index (χ2v) is 5.50. The summed E-state index contributed by atoms with van der Waals surface area (Å²) in [6, 6.07) is 6.34. The molecule has 0 aromatic carbocycles. The highest BCUT2D eigenvalue weighted by Gasteiger charge is 2.06. The molecule has 0 aliphatic rings. The van der Waals surface area contributed by atoms with Gasteiger partial charge in [0.05, 0.1) is 5.69 Å². The van der Waals surface area contributed by atoms with E-state index >= 15 is 0 Å². The van der Waals surface area contributed by atoms with Gasteiger partial charge in [-0.1, -0.05) is 33.8 Å². The molecule has 0 unspecified atom stereocenters. The Morgan fingerprint density at radius 1 is 1.16 bits per heavy atom. The van der Waals surface area contributed by atoms with Crippen molar-refractivity contribution in [1.29, 1.82) is 0 Å². The summed E-state index contributed by atoms with van der Waals surface area (Å²) in [5.41, 5.74) is 1.13. The van der Waals surface area contributed by atoms with Crippen LogP contribution in [0.3, 0.4) is 0 Å². The highest BCUT2D eigenvalue weighted by Crippen LogP contribution is 2.12. The highest BCUT2D eigenvalue weighted by atomic mass is 15.2. The molecule has 1 aromatic heterocycles. The minimum Gasteiger partial charge on any atom is -0.357 e. The van der Waals surface area contributed by atoms with E-state index in [1.165, 1.54) is 0 Å². The maximum atomic E-state index is 4.77. The van der Waals surface area contributed by atoms with Gasteiger partial charge in [-0.15, -0.1) is 0 Å². The summed E-state index contributed by atoms with van der Waals surface area (Å²) in [7, 11) is 0. The van der Waals surface area contributed by atoms with Gasteiger partial charge >= 0.3 is 0 Å². The molecule has 0 spiro atoms. The van der Waals surface area contributed by atoms with Crippen LogP contribution in [0.15, 0.2) is 18.2 Å². The number of pyridine rings is 1. The Morgan fingerprint density at radius 3 is 2.42 bits per heavy atom. The lowest BCUT2D eigenvalue weighted by molar-refractivity contribution is 0.548. The molecular weight excluding hydrogens is 234 g/mol. The maximum Gasteiger partial charge on any atom is 0.128 e. The Bertz CT molecular complexity index is 344. The first-order valence-electron chi connectivity index (χ1n) is 7.59. The lowest BCUT2D eigenvalue weighted by Gasteiger charge is -2.23. The van der Waals surface area contributed by atoms with E-state index in [-0.39, 0.29) is 0 Å². The van der Waals surface area contributed by atoms with Gasteiger partial charge in [-0.3, -0.25) is 0 Å². The molecule has 1 N–H and O–H groups in total. The SMILES string of the molecule is CCCN(CCC)c1cccc(CNCC(C)C)n1. The van der Waals surface area contributed by atoms with Gasteiger partial charge in [0.25, 0.3) is 0 Å². The van der Waals surface area contributed by atoms with Gasteiger partial charge in [0.15, 0.2) is 0 Å². The molecule has 3 heteroatoms. The molecule has 0 atom stereocenters. The number of hydrogen-bond donors (Lipinski definition) is 1. The van der Waals surface area contributed by atoms with E-state index in [1.807, 2.05) is 0 Å². The Balaban J connectivity index is 2.63. The van der Waals surface area contributed by atoms with Crippen molar-refractivity contribution in [3.63, 3.8) is 0 Å². The van der Waals surface area contributed by atoms with Crippen LogP contribution in [0.5, 0.6) is 0 Å². The maximum absolute atomic E-state index is 4.77. The normalized spacial score (nSPS) is 11.0. The van der Waals surface area contributed by atoms with Crippen LogP contribution in [0.4, 0.5) is 5.82 Å². The Kier molecular flexibility index (Phi) is 7.49. The minimum absolute atomic E-state index is 0.680.